The van der Waals surface area contributed by atoms with E-state index in [0.717, 1.165) is 4.47 Å². The van der Waals surface area contributed by atoms with E-state index in [9.17, 15) is 0 Å². The Kier molecular flexibility index (Phi) is 4.82. The maximum absolute atomic E-state index is 3.77. The third-order valence-electron chi connectivity index (χ3n) is 4.04. The van der Waals surface area contributed by atoms with E-state index in [4.69, 9.17) is 0 Å². The van der Waals surface area contributed by atoms with Gasteiger partial charge < -0.3 is 10.2 Å². The Morgan fingerprint density at radius 1 is 1.44 bits per heavy atom. The molecule has 0 aliphatic carbocycles. The highest BCUT2D eigenvalue weighted by Crippen LogP contribution is 2.22. The summed E-state index contributed by atoms with van der Waals surface area (Å²) in [5, 5.41) is 3.77. The van der Waals surface area contributed by atoms with Crippen LogP contribution in [0.1, 0.15) is 38.3 Å². The van der Waals surface area contributed by atoms with Crippen molar-refractivity contribution in [2.75, 3.05) is 13.6 Å². The van der Waals surface area contributed by atoms with Crippen LogP contribution < -0.4 is 5.32 Å². The number of hydrogen-bond donors (Lipinski definition) is 1. The molecule has 1 heterocycles. The lowest BCUT2D eigenvalue weighted by atomic mass is 9.97. The molecule has 0 amide bonds. The Labute approximate surface area is 119 Å². The average molecular weight is 311 g/mol. The van der Waals surface area contributed by atoms with Crippen molar-refractivity contribution in [2.24, 2.45) is 0 Å². The number of halogens is 1. The smallest absolute Gasteiger partial charge is 0.0294 e. The molecule has 0 radical (unpaired) electrons. The molecule has 100 valence electrons. The number of piperidine rings is 1. The van der Waals surface area contributed by atoms with Crippen LogP contribution in [0.5, 0.6) is 0 Å². The van der Waals surface area contributed by atoms with Gasteiger partial charge in [-0.15, -0.1) is 0 Å². The van der Waals surface area contributed by atoms with Crippen LogP contribution in [0.25, 0.3) is 0 Å². The van der Waals surface area contributed by atoms with Crippen LogP contribution in [0, 0.1) is 0 Å². The van der Waals surface area contributed by atoms with Gasteiger partial charge in [0.25, 0.3) is 0 Å². The summed E-state index contributed by atoms with van der Waals surface area (Å²) in [7, 11) is 2.22. The highest BCUT2D eigenvalue weighted by atomic mass is 79.9. The summed E-state index contributed by atoms with van der Waals surface area (Å²) in [6.07, 6.45) is 2.49. The zero-order chi connectivity index (χ0) is 13.1. The van der Waals surface area contributed by atoms with Gasteiger partial charge in [-0.2, -0.15) is 0 Å². The quantitative estimate of drug-likeness (QED) is 0.918. The van der Waals surface area contributed by atoms with Crippen LogP contribution in [0.2, 0.25) is 0 Å². The SMILES string of the molecule is CC1CC(N[C@@H](C)c2cccc(Br)c2)CCN1C. The molecule has 2 unspecified atom stereocenters. The summed E-state index contributed by atoms with van der Waals surface area (Å²) < 4.78 is 1.16. The monoisotopic (exact) mass is 310 g/mol. The molecule has 0 saturated carbocycles. The van der Waals surface area contributed by atoms with Crippen molar-refractivity contribution in [3.05, 3.63) is 34.3 Å². The first-order valence-electron chi connectivity index (χ1n) is 6.78. The van der Waals surface area contributed by atoms with Crippen molar-refractivity contribution >= 4 is 15.9 Å². The summed E-state index contributed by atoms with van der Waals surface area (Å²) in [5.41, 5.74) is 1.36. The second-order valence-electron chi connectivity index (χ2n) is 5.49. The van der Waals surface area contributed by atoms with Gasteiger partial charge in [-0.25, -0.2) is 0 Å². The molecular weight excluding hydrogens is 288 g/mol. The second kappa shape index (κ2) is 6.18. The molecule has 0 aromatic heterocycles. The third-order valence-corrected chi connectivity index (χ3v) is 4.54. The highest BCUT2D eigenvalue weighted by molar-refractivity contribution is 9.10. The number of nitrogens with one attached hydrogen (secondary N) is 1. The fraction of sp³-hybridized carbons (Fsp3) is 0.600. The molecule has 2 rings (SSSR count). The predicted octanol–water partition coefficient (Wildman–Crippen LogP) is 3.58. The molecule has 1 aromatic rings. The summed E-state index contributed by atoms with van der Waals surface area (Å²) >= 11 is 3.54. The first kappa shape index (κ1) is 14.0. The van der Waals surface area contributed by atoms with Crippen molar-refractivity contribution in [3.63, 3.8) is 0 Å². The van der Waals surface area contributed by atoms with Crippen molar-refractivity contribution < 1.29 is 0 Å². The van der Waals surface area contributed by atoms with Gasteiger partial charge in [-0.3, -0.25) is 0 Å². The molecule has 3 heteroatoms. The normalized spacial score (nSPS) is 27.1. The van der Waals surface area contributed by atoms with Gasteiger partial charge in [0, 0.05) is 22.6 Å². The van der Waals surface area contributed by atoms with Crippen molar-refractivity contribution in [1.82, 2.24) is 10.2 Å². The number of nitrogens with zero attached hydrogens (tertiary/aromatic N) is 1. The fourth-order valence-electron chi connectivity index (χ4n) is 2.67. The third kappa shape index (κ3) is 3.56. The van der Waals surface area contributed by atoms with Gasteiger partial charge in [-0.1, -0.05) is 28.1 Å². The molecule has 1 aromatic carbocycles. The summed E-state index contributed by atoms with van der Waals surface area (Å²) in [6.45, 7) is 5.77. The minimum absolute atomic E-state index is 0.420. The molecule has 1 fully saturated rings. The first-order valence-corrected chi connectivity index (χ1v) is 7.57. The van der Waals surface area contributed by atoms with Gasteiger partial charge in [0.05, 0.1) is 0 Å². The Morgan fingerprint density at radius 2 is 2.22 bits per heavy atom. The maximum atomic E-state index is 3.77. The number of benzene rings is 1. The van der Waals surface area contributed by atoms with Gasteiger partial charge in [-0.05, 0) is 58.0 Å². The lowest BCUT2D eigenvalue weighted by Crippen LogP contribution is -2.46. The fourth-order valence-corrected chi connectivity index (χ4v) is 3.08. The van der Waals surface area contributed by atoms with Crippen LogP contribution in [-0.4, -0.2) is 30.6 Å². The largest absolute Gasteiger partial charge is 0.307 e. The van der Waals surface area contributed by atoms with E-state index in [-0.39, 0.29) is 0 Å². The van der Waals surface area contributed by atoms with E-state index in [2.05, 4.69) is 71.3 Å². The topological polar surface area (TPSA) is 15.3 Å². The predicted molar refractivity (Wildman–Crippen MR) is 80.8 cm³/mol. The van der Waals surface area contributed by atoms with Crippen molar-refractivity contribution in [2.45, 2.75) is 44.8 Å². The summed E-state index contributed by atoms with van der Waals surface area (Å²) in [4.78, 5) is 2.45. The molecule has 18 heavy (non-hydrogen) atoms. The van der Waals surface area contributed by atoms with E-state index in [0.29, 0.717) is 18.1 Å². The highest BCUT2D eigenvalue weighted by Gasteiger charge is 2.23. The van der Waals surface area contributed by atoms with Crippen LogP contribution in [-0.2, 0) is 0 Å². The zero-order valence-corrected chi connectivity index (χ0v) is 13.1. The van der Waals surface area contributed by atoms with Crippen LogP contribution in [0.4, 0.5) is 0 Å². The molecular formula is C15H23BrN2. The average Bonchev–Trinajstić information content (AvgIpc) is 2.34. The van der Waals surface area contributed by atoms with Gasteiger partial charge in [0.1, 0.15) is 0 Å². The van der Waals surface area contributed by atoms with E-state index in [1.54, 1.807) is 0 Å². The van der Waals surface area contributed by atoms with E-state index in [1.165, 1.54) is 24.9 Å². The maximum Gasteiger partial charge on any atom is 0.0294 e. The Bertz CT molecular complexity index is 394. The van der Waals surface area contributed by atoms with E-state index < -0.39 is 0 Å². The Hall–Kier alpha value is -0.380. The van der Waals surface area contributed by atoms with Crippen LogP contribution >= 0.6 is 15.9 Å². The number of likely N-dealkylation sites (tertiary alicyclic amines) is 1. The van der Waals surface area contributed by atoms with Crippen LogP contribution in [0.15, 0.2) is 28.7 Å². The summed E-state index contributed by atoms with van der Waals surface area (Å²) in [6, 6.07) is 10.3. The van der Waals surface area contributed by atoms with E-state index in [1.807, 2.05) is 0 Å². The molecule has 3 atom stereocenters. The lowest BCUT2D eigenvalue weighted by Gasteiger charge is -2.36. The molecule has 0 bridgehead atoms. The first-order chi connectivity index (χ1) is 8.56. The molecule has 1 saturated heterocycles. The number of rotatable bonds is 3. The molecule has 1 N–H and O–H groups in total. The van der Waals surface area contributed by atoms with Crippen LogP contribution in [0.3, 0.4) is 0 Å². The summed E-state index contributed by atoms with van der Waals surface area (Å²) in [5.74, 6) is 0. The van der Waals surface area contributed by atoms with Gasteiger partial charge in [0.2, 0.25) is 0 Å². The minimum atomic E-state index is 0.420. The van der Waals surface area contributed by atoms with E-state index >= 15 is 0 Å². The van der Waals surface area contributed by atoms with Crippen molar-refractivity contribution in [1.29, 1.82) is 0 Å². The molecule has 2 nitrogen and oxygen atoms in total. The Morgan fingerprint density at radius 3 is 2.89 bits per heavy atom. The van der Waals surface area contributed by atoms with Gasteiger partial charge >= 0.3 is 0 Å². The minimum Gasteiger partial charge on any atom is -0.307 e. The second-order valence-corrected chi connectivity index (χ2v) is 6.41. The molecule has 0 spiro atoms. The van der Waals surface area contributed by atoms with Crippen molar-refractivity contribution in [3.8, 4) is 0 Å². The molecule has 1 aliphatic rings. The Balaban J connectivity index is 1.93. The van der Waals surface area contributed by atoms with Gasteiger partial charge in [0.15, 0.2) is 0 Å². The zero-order valence-electron chi connectivity index (χ0n) is 11.5. The lowest BCUT2D eigenvalue weighted by molar-refractivity contribution is 0.163. The molecule has 1 aliphatic heterocycles. The standard InChI is InChI=1S/C15H23BrN2/c1-11-9-15(7-8-18(11)3)17-12(2)13-5-4-6-14(16)10-13/h4-6,10-12,15,17H,7-9H2,1-3H3/t11?,12-,15?/m0/s1. The number of hydrogen-bond acceptors (Lipinski definition) is 2.